The molecule has 0 saturated carbocycles. The average Bonchev–Trinajstić information content (AvgIpc) is 2.16. The smallest absolute Gasteiger partial charge is 0.0762 e. The Morgan fingerprint density at radius 2 is 1.57 bits per heavy atom. The summed E-state index contributed by atoms with van der Waals surface area (Å²) in [5.41, 5.74) is 0. The van der Waals surface area contributed by atoms with Crippen LogP contribution in [0.3, 0.4) is 0 Å². The first-order valence-electron chi connectivity index (χ1n) is 4.04. The van der Waals surface area contributed by atoms with Crippen molar-refractivity contribution in [3.05, 3.63) is 42.5 Å². The third kappa shape index (κ3) is 1.86. The number of hydrogen-bond acceptors (Lipinski definition) is 2. The molecular formula is C10H9ClO2S. The molecule has 0 aliphatic heterocycles. The fraction of sp³-hybridized carbons (Fsp3) is 0. The molecular weight excluding hydrogens is 220 g/mol. The molecule has 0 saturated heterocycles. The van der Waals surface area contributed by atoms with Crippen molar-refractivity contribution in [2.45, 2.75) is 4.90 Å². The zero-order valence-corrected chi connectivity index (χ0v) is 8.79. The van der Waals surface area contributed by atoms with Crippen molar-refractivity contribution < 1.29 is 9.11 Å². The molecule has 14 heavy (non-hydrogen) atoms. The Morgan fingerprint density at radius 1 is 0.929 bits per heavy atom. The number of hydrogen-bond donors (Lipinski definition) is 2. The first kappa shape index (κ1) is 9.80. The first-order valence-corrected chi connectivity index (χ1v) is 6.41. The minimum Gasteiger partial charge on any atom is -0.281 e. The second-order valence-electron chi connectivity index (χ2n) is 2.99. The van der Waals surface area contributed by atoms with Gasteiger partial charge in [-0.3, -0.25) is 9.11 Å². The number of rotatable bonds is 1. The third-order valence-corrected chi connectivity index (χ3v) is 3.41. The maximum atomic E-state index is 9.25. The highest BCUT2D eigenvalue weighted by atomic mass is 35.7. The van der Waals surface area contributed by atoms with Gasteiger partial charge in [0.15, 0.2) is 0 Å². The van der Waals surface area contributed by atoms with E-state index in [-0.39, 0.29) is 0 Å². The van der Waals surface area contributed by atoms with Crippen molar-refractivity contribution in [3.8, 4) is 0 Å². The molecule has 4 heteroatoms. The Labute approximate surface area is 88.0 Å². The van der Waals surface area contributed by atoms with E-state index in [0.717, 1.165) is 10.8 Å². The predicted molar refractivity (Wildman–Crippen MR) is 60.9 cm³/mol. The molecule has 0 radical (unpaired) electrons. The summed E-state index contributed by atoms with van der Waals surface area (Å²) in [6.07, 6.45) is 0. The highest BCUT2D eigenvalue weighted by molar-refractivity contribution is 8.43. The number of benzene rings is 2. The third-order valence-electron chi connectivity index (χ3n) is 2.02. The van der Waals surface area contributed by atoms with Crippen molar-refractivity contribution in [2.75, 3.05) is 0 Å². The molecule has 2 nitrogen and oxygen atoms in total. The van der Waals surface area contributed by atoms with Crippen LogP contribution in [-0.4, -0.2) is 9.11 Å². The van der Waals surface area contributed by atoms with Crippen LogP contribution in [0.4, 0.5) is 0 Å². The molecule has 0 amide bonds. The Balaban J connectivity index is 2.63. The second-order valence-corrected chi connectivity index (χ2v) is 5.71. The average molecular weight is 229 g/mol. The van der Waals surface area contributed by atoms with Crippen LogP contribution in [0.15, 0.2) is 47.4 Å². The number of halogens is 1. The molecule has 2 aromatic carbocycles. The monoisotopic (exact) mass is 228 g/mol. The van der Waals surface area contributed by atoms with Gasteiger partial charge in [0.1, 0.15) is 0 Å². The van der Waals surface area contributed by atoms with Gasteiger partial charge in [-0.1, -0.05) is 40.1 Å². The molecule has 0 aromatic heterocycles. The molecule has 2 aromatic rings. The fourth-order valence-corrected chi connectivity index (χ4v) is 2.14. The van der Waals surface area contributed by atoms with Crippen LogP contribution in [0.5, 0.6) is 0 Å². The van der Waals surface area contributed by atoms with Crippen molar-refractivity contribution in [1.29, 1.82) is 0 Å². The Bertz CT molecular complexity index is 465. The maximum absolute atomic E-state index is 9.25. The summed E-state index contributed by atoms with van der Waals surface area (Å²) < 4.78 is 18.5. The summed E-state index contributed by atoms with van der Waals surface area (Å²) in [7, 11) is 2.33. The second kappa shape index (κ2) is 3.44. The lowest BCUT2D eigenvalue weighted by Gasteiger charge is -2.22. The predicted octanol–water partition coefficient (Wildman–Crippen LogP) is 4.10. The number of fused-ring (bicyclic) bond motifs is 1. The van der Waals surface area contributed by atoms with Crippen molar-refractivity contribution >= 4 is 31.3 Å². The largest absolute Gasteiger partial charge is 0.281 e. The molecule has 0 bridgehead atoms. The summed E-state index contributed by atoms with van der Waals surface area (Å²) in [5, 5.41) is 2.00. The topological polar surface area (TPSA) is 40.5 Å². The summed E-state index contributed by atoms with van der Waals surface area (Å²) in [6.45, 7) is 0. The molecule has 0 unspecified atom stereocenters. The summed E-state index contributed by atoms with van der Waals surface area (Å²) in [5.74, 6) is 0. The molecule has 74 valence electrons. The molecule has 0 fully saturated rings. The summed E-state index contributed by atoms with van der Waals surface area (Å²) in [6, 6.07) is 12.8. The molecule has 0 heterocycles. The minimum absolute atomic E-state index is 0.359. The van der Waals surface area contributed by atoms with Crippen LogP contribution in [0.25, 0.3) is 10.8 Å². The molecule has 0 aliphatic rings. The maximum Gasteiger partial charge on any atom is 0.0762 e. The van der Waals surface area contributed by atoms with Gasteiger partial charge in [-0.15, -0.1) is 0 Å². The van der Waals surface area contributed by atoms with Gasteiger partial charge in [-0.2, -0.15) is 0 Å². The fourth-order valence-electron chi connectivity index (χ4n) is 1.33. The Hall–Kier alpha value is -0.740. The van der Waals surface area contributed by atoms with E-state index in [1.807, 2.05) is 30.3 Å². The SMILES string of the molecule is OS(O)(Cl)c1ccc2ccccc2c1. The van der Waals surface area contributed by atoms with Gasteiger partial charge in [-0.05, 0) is 22.9 Å². The van der Waals surface area contributed by atoms with Crippen LogP contribution in [0.1, 0.15) is 0 Å². The molecule has 0 atom stereocenters. The molecule has 2 N–H and O–H groups in total. The highest BCUT2D eigenvalue weighted by Gasteiger charge is 2.11. The van der Waals surface area contributed by atoms with E-state index >= 15 is 0 Å². The normalized spacial score (nSPS) is 13.1. The van der Waals surface area contributed by atoms with Crippen LogP contribution < -0.4 is 0 Å². The van der Waals surface area contributed by atoms with Gasteiger partial charge in [0.05, 0.1) is 4.90 Å². The van der Waals surface area contributed by atoms with Crippen LogP contribution in [0, 0.1) is 0 Å². The van der Waals surface area contributed by atoms with Crippen molar-refractivity contribution in [2.24, 2.45) is 0 Å². The summed E-state index contributed by atoms with van der Waals surface area (Å²) in [4.78, 5) is 0.359. The molecule has 0 aliphatic carbocycles. The van der Waals surface area contributed by atoms with Crippen LogP contribution in [0.2, 0.25) is 0 Å². The van der Waals surface area contributed by atoms with Gasteiger partial charge in [0, 0.05) is 10.7 Å². The zero-order valence-electron chi connectivity index (χ0n) is 7.22. The minimum atomic E-state index is -3.12. The molecule has 0 spiro atoms. The van der Waals surface area contributed by atoms with Crippen molar-refractivity contribution in [1.82, 2.24) is 0 Å². The lowest BCUT2D eigenvalue weighted by molar-refractivity contribution is 0.507. The Kier molecular flexibility index (Phi) is 2.41. The standard InChI is InChI=1S/C10H9ClO2S/c11-14(12,13)10-6-5-8-3-1-2-4-9(8)7-10/h1-7,12-13H. The van der Waals surface area contributed by atoms with E-state index in [2.05, 4.69) is 0 Å². The van der Waals surface area contributed by atoms with Gasteiger partial charge in [0.2, 0.25) is 0 Å². The summed E-state index contributed by atoms with van der Waals surface area (Å²) >= 11 is 0. The van der Waals surface area contributed by atoms with E-state index < -0.39 is 9.80 Å². The quantitative estimate of drug-likeness (QED) is 0.772. The lowest BCUT2D eigenvalue weighted by Crippen LogP contribution is -1.88. The van der Waals surface area contributed by atoms with E-state index in [4.69, 9.17) is 10.7 Å². The van der Waals surface area contributed by atoms with Gasteiger partial charge >= 0.3 is 0 Å². The van der Waals surface area contributed by atoms with E-state index in [1.165, 1.54) is 0 Å². The van der Waals surface area contributed by atoms with Crippen LogP contribution >= 0.6 is 20.5 Å². The van der Waals surface area contributed by atoms with E-state index in [0.29, 0.717) is 4.90 Å². The van der Waals surface area contributed by atoms with E-state index in [1.54, 1.807) is 12.1 Å². The molecule has 2 rings (SSSR count). The van der Waals surface area contributed by atoms with Crippen molar-refractivity contribution in [3.63, 3.8) is 0 Å². The van der Waals surface area contributed by atoms with E-state index in [9.17, 15) is 9.11 Å². The van der Waals surface area contributed by atoms with Gasteiger partial charge in [-0.25, -0.2) is 0 Å². The Morgan fingerprint density at radius 3 is 2.21 bits per heavy atom. The van der Waals surface area contributed by atoms with Gasteiger partial charge in [0.25, 0.3) is 0 Å². The van der Waals surface area contributed by atoms with Gasteiger partial charge < -0.3 is 0 Å². The first-order chi connectivity index (χ1) is 6.57. The highest BCUT2D eigenvalue weighted by Crippen LogP contribution is 2.53. The zero-order chi connectivity index (χ0) is 10.2. The van der Waals surface area contributed by atoms with Crippen LogP contribution in [-0.2, 0) is 0 Å². The lowest BCUT2D eigenvalue weighted by atomic mass is 10.1.